The van der Waals surface area contributed by atoms with Crippen molar-refractivity contribution in [3.05, 3.63) is 24.5 Å². The van der Waals surface area contributed by atoms with Gasteiger partial charge in [0.2, 0.25) is 0 Å². The van der Waals surface area contributed by atoms with E-state index in [-0.39, 0.29) is 12.6 Å². The number of aliphatic hydroxyl groups excluding tert-OH is 1. The van der Waals surface area contributed by atoms with E-state index in [1.165, 1.54) is 0 Å². The smallest absolute Gasteiger partial charge is 0.319 e. The molecule has 0 aliphatic carbocycles. The van der Waals surface area contributed by atoms with Gasteiger partial charge in [-0.25, -0.2) is 4.79 Å². The number of nitrogens with zero attached hydrogens (tertiary/aromatic N) is 1. The second kappa shape index (κ2) is 5.18. The molecular formula is C9H13N3O2. The quantitative estimate of drug-likeness (QED) is 0.660. The lowest BCUT2D eigenvalue weighted by molar-refractivity contribution is 0.190. The van der Waals surface area contributed by atoms with Gasteiger partial charge in [-0.3, -0.25) is 4.98 Å². The van der Waals surface area contributed by atoms with E-state index in [0.717, 1.165) is 0 Å². The van der Waals surface area contributed by atoms with Crippen molar-refractivity contribution < 1.29 is 9.90 Å². The lowest BCUT2D eigenvalue weighted by atomic mass is 10.4. The average molecular weight is 195 g/mol. The first kappa shape index (κ1) is 10.5. The largest absolute Gasteiger partial charge is 0.392 e. The number of carbonyl (C=O) groups is 1. The van der Waals surface area contributed by atoms with Crippen LogP contribution < -0.4 is 10.6 Å². The molecule has 0 saturated carbocycles. The molecule has 0 radical (unpaired) electrons. The summed E-state index contributed by atoms with van der Waals surface area (Å²) in [5, 5.41) is 14.0. The van der Waals surface area contributed by atoms with E-state index in [1.54, 1.807) is 31.5 Å². The van der Waals surface area contributed by atoms with Crippen molar-refractivity contribution in [1.29, 1.82) is 0 Å². The van der Waals surface area contributed by atoms with Crippen LogP contribution in [0, 0.1) is 0 Å². The molecular weight excluding hydrogens is 182 g/mol. The predicted molar refractivity (Wildman–Crippen MR) is 52.9 cm³/mol. The number of nitrogens with one attached hydrogen (secondary N) is 2. The zero-order chi connectivity index (χ0) is 10.4. The third kappa shape index (κ3) is 3.86. The van der Waals surface area contributed by atoms with Crippen LogP contribution in [-0.2, 0) is 0 Å². The SMILES string of the molecule is CC(O)CNC(=O)Nc1cccnc1. The maximum atomic E-state index is 11.2. The summed E-state index contributed by atoms with van der Waals surface area (Å²) in [5.41, 5.74) is 0.621. The maximum Gasteiger partial charge on any atom is 0.319 e. The molecule has 0 fully saturated rings. The fourth-order valence-corrected chi connectivity index (χ4v) is 0.852. The van der Waals surface area contributed by atoms with Gasteiger partial charge in [-0.1, -0.05) is 0 Å². The summed E-state index contributed by atoms with van der Waals surface area (Å²) >= 11 is 0. The van der Waals surface area contributed by atoms with Crippen LogP contribution in [0.15, 0.2) is 24.5 Å². The van der Waals surface area contributed by atoms with E-state index in [9.17, 15) is 4.79 Å². The molecule has 0 spiro atoms. The van der Waals surface area contributed by atoms with Crippen LogP contribution in [-0.4, -0.2) is 28.8 Å². The number of hydrogen-bond donors (Lipinski definition) is 3. The Bertz CT molecular complexity index is 287. The van der Waals surface area contributed by atoms with Crippen LogP contribution in [0.1, 0.15) is 6.92 Å². The Hall–Kier alpha value is -1.62. The Kier molecular flexibility index (Phi) is 3.87. The average Bonchev–Trinajstić information content (AvgIpc) is 2.16. The highest BCUT2D eigenvalue weighted by Crippen LogP contribution is 2.01. The predicted octanol–water partition coefficient (Wildman–Crippen LogP) is 0.584. The molecule has 0 bridgehead atoms. The van der Waals surface area contributed by atoms with Crippen LogP contribution in [0.2, 0.25) is 0 Å². The summed E-state index contributed by atoms with van der Waals surface area (Å²) in [6, 6.07) is 3.11. The van der Waals surface area contributed by atoms with Crippen molar-refractivity contribution >= 4 is 11.7 Å². The van der Waals surface area contributed by atoms with Crippen LogP contribution >= 0.6 is 0 Å². The molecule has 1 aromatic heterocycles. The summed E-state index contributed by atoms with van der Waals surface area (Å²) in [7, 11) is 0. The maximum absolute atomic E-state index is 11.2. The van der Waals surface area contributed by atoms with Gasteiger partial charge >= 0.3 is 6.03 Å². The van der Waals surface area contributed by atoms with E-state index in [0.29, 0.717) is 5.69 Å². The zero-order valence-electron chi connectivity index (χ0n) is 7.90. The van der Waals surface area contributed by atoms with Gasteiger partial charge in [0.1, 0.15) is 0 Å². The monoisotopic (exact) mass is 195 g/mol. The highest BCUT2D eigenvalue weighted by molar-refractivity contribution is 5.88. The van der Waals surface area contributed by atoms with Gasteiger partial charge in [-0.05, 0) is 19.1 Å². The van der Waals surface area contributed by atoms with Crippen molar-refractivity contribution in [1.82, 2.24) is 10.3 Å². The molecule has 1 atom stereocenters. The molecule has 0 aromatic carbocycles. The number of amides is 2. The number of hydrogen-bond acceptors (Lipinski definition) is 3. The van der Waals surface area contributed by atoms with E-state index in [1.807, 2.05) is 0 Å². The summed E-state index contributed by atoms with van der Waals surface area (Å²) in [6.07, 6.45) is 2.62. The Labute approximate surface area is 82.2 Å². The van der Waals surface area contributed by atoms with Crippen molar-refractivity contribution in [3.8, 4) is 0 Å². The first-order valence-corrected chi connectivity index (χ1v) is 4.31. The first-order valence-electron chi connectivity index (χ1n) is 4.31. The van der Waals surface area contributed by atoms with Gasteiger partial charge in [-0.2, -0.15) is 0 Å². The van der Waals surface area contributed by atoms with Gasteiger partial charge < -0.3 is 15.7 Å². The molecule has 1 aromatic rings. The van der Waals surface area contributed by atoms with Crippen LogP contribution in [0.25, 0.3) is 0 Å². The molecule has 5 heteroatoms. The van der Waals surface area contributed by atoms with Crippen molar-refractivity contribution in [2.75, 3.05) is 11.9 Å². The summed E-state index contributed by atoms with van der Waals surface area (Å²) < 4.78 is 0. The zero-order valence-corrected chi connectivity index (χ0v) is 7.90. The van der Waals surface area contributed by atoms with Gasteiger partial charge in [0.05, 0.1) is 18.0 Å². The topological polar surface area (TPSA) is 74.2 Å². The fraction of sp³-hybridized carbons (Fsp3) is 0.333. The number of aliphatic hydroxyl groups is 1. The number of anilines is 1. The molecule has 5 nitrogen and oxygen atoms in total. The van der Waals surface area contributed by atoms with Crippen LogP contribution in [0.3, 0.4) is 0 Å². The molecule has 76 valence electrons. The minimum Gasteiger partial charge on any atom is -0.392 e. The highest BCUT2D eigenvalue weighted by atomic mass is 16.3. The van der Waals surface area contributed by atoms with Crippen molar-refractivity contribution in [2.45, 2.75) is 13.0 Å². The number of urea groups is 1. The Balaban J connectivity index is 2.35. The Morgan fingerprint density at radius 1 is 1.71 bits per heavy atom. The Morgan fingerprint density at radius 2 is 2.50 bits per heavy atom. The summed E-state index contributed by atoms with van der Waals surface area (Å²) in [4.78, 5) is 15.0. The van der Waals surface area contributed by atoms with Crippen molar-refractivity contribution in [2.24, 2.45) is 0 Å². The van der Waals surface area contributed by atoms with E-state index in [4.69, 9.17) is 5.11 Å². The second-order valence-corrected chi connectivity index (χ2v) is 2.93. The summed E-state index contributed by atoms with van der Waals surface area (Å²) in [5.74, 6) is 0. The lowest BCUT2D eigenvalue weighted by Gasteiger charge is -2.08. The number of aromatic nitrogens is 1. The van der Waals surface area contributed by atoms with Gasteiger partial charge in [0.15, 0.2) is 0 Å². The van der Waals surface area contributed by atoms with Gasteiger partial charge in [0.25, 0.3) is 0 Å². The molecule has 1 heterocycles. The normalized spacial score (nSPS) is 11.9. The van der Waals surface area contributed by atoms with Crippen LogP contribution in [0.5, 0.6) is 0 Å². The third-order valence-corrected chi connectivity index (χ3v) is 1.48. The molecule has 0 aliphatic rings. The van der Waals surface area contributed by atoms with Crippen LogP contribution in [0.4, 0.5) is 10.5 Å². The minimum atomic E-state index is -0.547. The second-order valence-electron chi connectivity index (χ2n) is 2.93. The number of rotatable bonds is 3. The standard InChI is InChI=1S/C9H13N3O2/c1-7(13)5-11-9(14)12-8-3-2-4-10-6-8/h2-4,6-7,13H,5H2,1H3,(H2,11,12,14). The van der Waals surface area contributed by atoms with Gasteiger partial charge in [0, 0.05) is 12.7 Å². The molecule has 3 N–H and O–H groups in total. The molecule has 0 aliphatic heterocycles. The van der Waals surface area contributed by atoms with Gasteiger partial charge in [-0.15, -0.1) is 0 Å². The van der Waals surface area contributed by atoms with Crippen molar-refractivity contribution in [3.63, 3.8) is 0 Å². The molecule has 1 rings (SSSR count). The third-order valence-electron chi connectivity index (χ3n) is 1.48. The molecule has 0 saturated heterocycles. The fourth-order valence-electron chi connectivity index (χ4n) is 0.852. The van der Waals surface area contributed by atoms with E-state index < -0.39 is 6.10 Å². The molecule has 14 heavy (non-hydrogen) atoms. The van der Waals surface area contributed by atoms with E-state index in [2.05, 4.69) is 15.6 Å². The minimum absolute atomic E-state index is 0.228. The highest BCUT2D eigenvalue weighted by Gasteiger charge is 2.01. The molecule has 1 unspecified atom stereocenters. The number of pyridine rings is 1. The lowest BCUT2D eigenvalue weighted by Crippen LogP contribution is -2.34. The Morgan fingerprint density at radius 3 is 3.07 bits per heavy atom. The first-order chi connectivity index (χ1) is 6.68. The van der Waals surface area contributed by atoms with E-state index >= 15 is 0 Å². The summed E-state index contributed by atoms with van der Waals surface area (Å²) in [6.45, 7) is 1.83. The molecule has 2 amide bonds. The number of carbonyl (C=O) groups excluding carboxylic acids is 1.